The summed E-state index contributed by atoms with van der Waals surface area (Å²) in [7, 11) is 0. The SMILES string of the molecule is Cc1nn2c(NCCn3ccnc3)cc(-c3ccccc3)nc2c1C. The average Bonchev–Trinajstić information content (AvgIpc) is 3.25. The Bertz CT molecular complexity index is 986. The zero-order chi connectivity index (χ0) is 17.2. The number of anilines is 1. The molecule has 0 spiro atoms. The lowest BCUT2D eigenvalue weighted by molar-refractivity contribution is 0.722. The van der Waals surface area contributed by atoms with Crippen molar-refractivity contribution < 1.29 is 0 Å². The monoisotopic (exact) mass is 332 g/mol. The minimum atomic E-state index is 0.779. The quantitative estimate of drug-likeness (QED) is 0.609. The lowest BCUT2D eigenvalue weighted by atomic mass is 10.1. The number of imidazole rings is 1. The smallest absolute Gasteiger partial charge is 0.161 e. The average molecular weight is 332 g/mol. The highest BCUT2D eigenvalue weighted by Crippen LogP contribution is 2.24. The lowest BCUT2D eigenvalue weighted by Crippen LogP contribution is -2.12. The maximum atomic E-state index is 4.83. The van der Waals surface area contributed by atoms with Crippen molar-refractivity contribution in [1.29, 1.82) is 0 Å². The van der Waals surface area contributed by atoms with Crippen LogP contribution in [0.1, 0.15) is 11.3 Å². The molecule has 0 aliphatic rings. The van der Waals surface area contributed by atoms with Gasteiger partial charge in [0.1, 0.15) is 5.82 Å². The van der Waals surface area contributed by atoms with E-state index in [1.807, 2.05) is 46.7 Å². The van der Waals surface area contributed by atoms with Crippen molar-refractivity contribution in [3.05, 3.63) is 66.4 Å². The molecule has 0 bridgehead atoms. The first kappa shape index (κ1) is 15.4. The van der Waals surface area contributed by atoms with E-state index in [2.05, 4.69) is 40.5 Å². The van der Waals surface area contributed by atoms with Crippen molar-refractivity contribution in [2.75, 3.05) is 11.9 Å². The number of nitrogens with one attached hydrogen (secondary N) is 1. The van der Waals surface area contributed by atoms with Gasteiger partial charge in [-0.3, -0.25) is 0 Å². The Morgan fingerprint density at radius 2 is 1.96 bits per heavy atom. The van der Waals surface area contributed by atoms with Crippen LogP contribution in [0.2, 0.25) is 0 Å². The van der Waals surface area contributed by atoms with E-state index >= 15 is 0 Å². The van der Waals surface area contributed by atoms with Crippen LogP contribution in [0.5, 0.6) is 0 Å². The minimum Gasteiger partial charge on any atom is -0.368 e. The van der Waals surface area contributed by atoms with Gasteiger partial charge in [0.2, 0.25) is 0 Å². The van der Waals surface area contributed by atoms with Gasteiger partial charge in [0.15, 0.2) is 5.65 Å². The van der Waals surface area contributed by atoms with E-state index in [-0.39, 0.29) is 0 Å². The number of aromatic nitrogens is 5. The first-order chi connectivity index (χ1) is 12.2. The molecule has 1 N–H and O–H groups in total. The summed E-state index contributed by atoms with van der Waals surface area (Å²) in [6.07, 6.45) is 5.57. The summed E-state index contributed by atoms with van der Waals surface area (Å²) in [6.45, 7) is 5.70. The van der Waals surface area contributed by atoms with Crippen molar-refractivity contribution in [2.24, 2.45) is 0 Å². The summed E-state index contributed by atoms with van der Waals surface area (Å²) in [5.74, 6) is 0.945. The van der Waals surface area contributed by atoms with E-state index in [0.717, 1.165) is 47.1 Å². The normalized spacial score (nSPS) is 11.1. The van der Waals surface area contributed by atoms with Gasteiger partial charge in [0, 0.05) is 42.7 Å². The van der Waals surface area contributed by atoms with Crippen LogP contribution in [-0.2, 0) is 6.54 Å². The number of fused-ring (bicyclic) bond motifs is 1. The van der Waals surface area contributed by atoms with E-state index in [4.69, 9.17) is 4.98 Å². The maximum absolute atomic E-state index is 4.83. The lowest BCUT2D eigenvalue weighted by Gasteiger charge is -2.11. The topological polar surface area (TPSA) is 60.0 Å². The second-order valence-electron chi connectivity index (χ2n) is 6.07. The third-order valence-electron chi connectivity index (χ3n) is 4.36. The molecule has 0 saturated carbocycles. The number of hydrogen-bond donors (Lipinski definition) is 1. The molecule has 3 heterocycles. The van der Waals surface area contributed by atoms with Gasteiger partial charge in [-0.1, -0.05) is 30.3 Å². The molecule has 6 heteroatoms. The van der Waals surface area contributed by atoms with Gasteiger partial charge in [-0.2, -0.15) is 9.61 Å². The van der Waals surface area contributed by atoms with Crippen LogP contribution in [-0.4, -0.2) is 30.7 Å². The fraction of sp³-hybridized carbons (Fsp3) is 0.211. The van der Waals surface area contributed by atoms with Crippen molar-refractivity contribution in [3.63, 3.8) is 0 Å². The second-order valence-corrected chi connectivity index (χ2v) is 6.07. The Balaban J connectivity index is 1.71. The van der Waals surface area contributed by atoms with Gasteiger partial charge >= 0.3 is 0 Å². The van der Waals surface area contributed by atoms with E-state index in [1.165, 1.54) is 0 Å². The number of benzene rings is 1. The Morgan fingerprint density at radius 1 is 1.12 bits per heavy atom. The Labute approximate surface area is 146 Å². The molecule has 6 nitrogen and oxygen atoms in total. The fourth-order valence-electron chi connectivity index (χ4n) is 2.84. The Hall–Kier alpha value is -3.15. The highest BCUT2D eigenvalue weighted by atomic mass is 15.3. The van der Waals surface area contributed by atoms with Crippen LogP contribution in [0.25, 0.3) is 16.9 Å². The first-order valence-electron chi connectivity index (χ1n) is 8.34. The van der Waals surface area contributed by atoms with E-state index in [1.54, 1.807) is 6.20 Å². The Morgan fingerprint density at radius 3 is 2.72 bits per heavy atom. The van der Waals surface area contributed by atoms with Gasteiger partial charge in [0.25, 0.3) is 0 Å². The molecule has 0 radical (unpaired) electrons. The third-order valence-corrected chi connectivity index (χ3v) is 4.36. The predicted molar refractivity (Wildman–Crippen MR) is 98.6 cm³/mol. The summed E-state index contributed by atoms with van der Waals surface area (Å²) >= 11 is 0. The molecule has 0 atom stereocenters. The van der Waals surface area contributed by atoms with Crippen LogP contribution in [0, 0.1) is 13.8 Å². The van der Waals surface area contributed by atoms with Crippen molar-refractivity contribution >= 4 is 11.5 Å². The fourth-order valence-corrected chi connectivity index (χ4v) is 2.84. The highest BCUT2D eigenvalue weighted by molar-refractivity contribution is 5.68. The summed E-state index contributed by atoms with van der Waals surface area (Å²) in [5, 5.41) is 8.12. The second kappa shape index (κ2) is 6.39. The van der Waals surface area contributed by atoms with E-state index in [9.17, 15) is 0 Å². The number of hydrogen-bond acceptors (Lipinski definition) is 4. The van der Waals surface area contributed by atoms with Crippen LogP contribution in [0.15, 0.2) is 55.1 Å². The highest BCUT2D eigenvalue weighted by Gasteiger charge is 2.13. The van der Waals surface area contributed by atoms with Gasteiger partial charge in [-0.05, 0) is 13.8 Å². The van der Waals surface area contributed by atoms with Crippen molar-refractivity contribution in [3.8, 4) is 11.3 Å². The zero-order valence-corrected chi connectivity index (χ0v) is 14.3. The van der Waals surface area contributed by atoms with Gasteiger partial charge in [-0.15, -0.1) is 0 Å². The van der Waals surface area contributed by atoms with Crippen LogP contribution in [0.4, 0.5) is 5.82 Å². The predicted octanol–water partition coefficient (Wildman–Crippen LogP) is 3.32. The van der Waals surface area contributed by atoms with E-state index < -0.39 is 0 Å². The standard InChI is InChI=1S/C19H20N6/c1-14-15(2)23-25-18(21-9-11-24-10-8-20-13-24)12-17(22-19(14)25)16-6-4-3-5-7-16/h3-8,10,12-13,21H,9,11H2,1-2H3. The minimum absolute atomic E-state index is 0.779. The number of nitrogens with zero attached hydrogens (tertiary/aromatic N) is 5. The largest absolute Gasteiger partial charge is 0.368 e. The molecule has 0 unspecified atom stereocenters. The zero-order valence-electron chi connectivity index (χ0n) is 14.3. The van der Waals surface area contributed by atoms with Crippen LogP contribution < -0.4 is 5.32 Å². The molecule has 3 aromatic heterocycles. The van der Waals surface area contributed by atoms with Crippen molar-refractivity contribution in [1.82, 2.24) is 24.1 Å². The summed E-state index contributed by atoms with van der Waals surface area (Å²) < 4.78 is 3.94. The third kappa shape index (κ3) is 2.98. The van der Waals surface area contributed by atoms with Crippen LogP contribution >= 0.6 is 0 Å². The van der Waals surface area contributed by atoms with Gasteiger partial charge in [0.05, 0.1) is 17.7 Å². The molecule has 0 amide bonds. The molecule has 0 aliphatic heterocycles. The molecule has 25 heavy (non-hydrogen) atoms. The summed E-state index contributed by atoms with van der Waals surface area (Å²) in [6, 6.07) is 12.3. The Kier molecular flexibility index (Phi) is 3.93. The van der Waals surface area contributed by atoms with E-state index in [0.29, 0.717) is 0 Å². The molecular weight excluding hydrogens is 312 g/mol. The molecule has 126 valence electrons. The molecule has 0 saturated heterocycles. The molecule has 0 aliphatic carbocycles. The van der Waals surface area contributed by atoms with Gasteiger partial charge < -0.3 is 9.88 Å². The molecule has 0 fully saturated rings. The maximum Gasteiger partial charge on any atom is 0.161 e. The molecule has 4 aromatic rings. The summed E-state index contributed by atoms with van der Waals surface area (Å²) in [4.78, 5) is 8.90. The molecular formula is C19H20N6. The van der Waals surface area contributed by atoms with Crippen molar-refractivity contribution in [2.45, 2.75) is 20.4 Å². The van der Waals surface area contributed by atoms with Gasteiger partial charge in [-0.25, -0.2) is 9.97 Å². The first-order valence-corrected chi connectivity index (χ1v) is 8.34. The molecule has 4 rings (SSSR count). The number of rotatable bonds is 5. The number of aryl methyl sites for hydroxylation is 2. The molecule has 1 aromatic carbocycles. The summed E-state index contributed by atoms with van der Waals surface area (Å²) in [5.41, 5.74) is 5.04. The van der Waals surface area contributed by atoms with Crippen LogP contribution in [0.3, 0.4) is 0 Å².